The molecule has 3 rings (SSSR count). The Labute approximate surface area is 176 Å². The highest BCUT2D eigenvalue weighted by Crippen LogP contribution is 2.28. The first kappa shape index (κ1) is 21.6. The van der Waals surface area contributed by atoms with Gasteiger partial charge in [-0.1, -0.05) is 19.9 Å². The summed E-state index contributed by atoms with van der Waals surface area (Å²) in [5, 5.41) is 4.46. The molecule has 1 aromatic heterocycles. The SMILES string of the molecule is COc1cccc(N2CCN(S(=O)(=O)c3ccsc3C(=O)NCC(C)C)CC2)c1. The van der Waals surface area contributed by atoms with Gasteiger partial charge in [-0.3, -0.25) is 4.79 Å². The molecule has 158 valence electrons. The van der Waals surface area contributed by atoms with Crippen molar-refractivity contribution in [2.24, 2.45) is 5.92 Å². The first-order valence-corrected chi connectivity index (χ1v) is 11.9. The second-order valence-corrected chi connectivity index (χ2v) is 10.1. The number of nitrogens with zero attached hydrogens (tertiary/aromatic N) is 2. The number of rotatable bonds is 7. The molecule has 0 aliphatic carbocycles. The summed E-state index contributed by atoms with van der Waals surface area (Å²) in [5.74, 6) is 0.735. The zero-order valence-electron chi connectivity index (χ0n) is 16.9. The number of thiophene rings is 1. The number of hydrogen-bond acceptors (Lipinski definition) is 6. The van der Waals surface area contributed by atoms with Crippen molar-refractivity contribution in [3.63, 3.8) is 0 Å². The van der Waals surface area contributed by atoms with Crippen molar-refractivity contribution in [3.05, 3.63) is 40.6 Å². The fourth-order valence-electron chi connectivity index (χ4n) is 3.18. The molecule has 0 bridgehead atoms. The number of piperazine rings is 1. The van der Waals surface area contributed by atoms with E-state index in [1.54, 1.807) is 12.5 Å². The Hall–Kier alpha value is -2.10. The lowest BCUT2D eigenvalue weighted by Gasteiger charge is -2.35. The number of amides is 1. The van der Waals surface area contributed by atoms with Gasteiger partial charge in [0.05, 0.1) is 7.11 Å². The topological polar surface area (TPSA) is 79.0 Å². The number of carbonyl (C=O) groups is 1. The van der Waals surface area contributed by atoms with E-state index in [9.17, 15) is 13.2 Å². The molecule has 7 nitrogen and oxygen atoms in total. The molecule has 0 saturated carbocycles. The summed E-state index contributed by atoms with van der Waals surface area (Å²) in [6.07, 6.45) is 0. The Morgan fingerprint density at radius 3 is 2.59 bits per heavy atom. The van der Waals surface area contributed by atoms with Gasteiger partial charge in [-0.15, -0.1) is 11.3 Å². The van der Waals surface area contributed by atoms with E-state index in [1.807, 2.05) is 38.1 Å². The molecule has 0 radical (unpaired) electrons. The van der Waals surface area contributed by atoms with Crippen LogP contribution in [0.25, 0.3) is 0 Å². The van der Waals surface area contributed by atoms with Crippen molar-refractivity contribution in [3.8, 4) is 5.75 Å². The van der Waals surface area contributed by atoms with Gasteiger partial charge in [-0.05, 0) is 29.5 Å². The molecule has 1 aliphatic heterocycles. The van der Waals surface area contributed by atoms with Crippen LogP contribution in [0.4, 0.5) is 5.69 Å². The van der Waals surface area contributed by atoms with Crippen LogP contribution in [0.15, 0.2) is 40.6 Å². The van der Waals surface area contributed by atoms with Gasteiger partial charge in [-0.2, -0.15) is 4.31 Å². The predicted octanol–water partition coefficient (Wildman–Crippen LogP) is 2.65. The third kappa shape index (κ3) is 4.91. The van der Waals surface area contributed by atoms with E-state index in [-0.39, 0.29) is 15.7 Å². The fraction of sp³-hybridized carbons (Fsp3) is 0.450. The van der Waals surface area contributed by atoms with Gasteiger partial charge in [0.25, 0.3) is 5.91 Å². The number of anilines is 1. The molecule has 1 aromatic carbocycles. The van der Waals surface area contributed by atoms with Gasteiger partial charge in [0, 0.05) is 44.5 Å². The number of carbonyl (C=O) groups excluding carboxylic acids is 1. The molecule has 0 atom stereocenters. The molecule has 1 aliphatic rings. The molecule has 1 amide bonds. The lowest BCUT2D eigenvalue weighted by molar-refractivity contribution is 0.0950. The molecular formula is C20H27N3O4S2. The second-order valence-electron chi connectivity index (χ2n) is 7.31. The van der Waals surface area contributed by atoms with E-state index >= 15 is 0 Å². The molecule has 1 fully saturated rings. The number of sulfonamides is 1. The summed E-state index contributed by atoms with van der Waals surface area (Å²) in [7, 11) is -2.10. The minimum Gasteiger partial charge on any atom is -0.497 e. The molecule has 0 unspecified atom stereocenters. The lowest BCUT2D eigenvalue weighted by atomic mass is 10.2. The average Bonchev–Trinajstić information content (AvgIpc) is 3.23. The largest absolute Gasteiger partial charge is 0.497 e. The fourth-order valence-corrected chi connectivity index (χ4v) is 5.92. The van der Waals surface area contributed by atoms with E-state index in [1.165, 1.54) is 10.4 Å². The van der Waals surface area contributed by atoms with Gasteiger partial charge in [0.1, 0.15) is 15.5 Å². The number of methoxy groups -OCH3 is 1. The summed E-state index contributed by atoms with van der Waals surface area (Å²) in [4.78, 5) is 14.9. The Morgan fingerprint density at radius 2 is 1.93 bits per heavy atom. The van der Waals surface area contributed by atoms with Gasteiger partial charge in [0.2, 0.25) is 10.0 Å². The van der Waals surface area contributed by atoms with Crippen LogP contribution >= 0.6 is 11.3 Å². The highest BCUT2D eigenvalue weighted by Gasteiger charge is 2.32. The maximum atomic E-state index is 13.2. The number of hydrogen-bond donors (Lipinski definition) is 1. The van der Waals surface area contributed by atoms with Crippen molar-refractivity contribution < 1.29 is 17.9 Å². The summed E-state index contributed by atoms with van der Waals surface area (Å²) in [6, 6.07) is 9.26. The maximum absolute atomic E-state index is 13.2. The summed E-state index contributed by atoms with van der Waals surface area (Å²) in [6.45, 7) is 6.37. The van der Waals surface area contributed by atoms with Crippen molar-refractivity contribution in [2.45, 2.75) is 18.7 Å². The van der Waals surface area contributed by atoms with E-state index in [4.69, 9.17) is 4.74 Å². The predicted molar refractivity (Wildman–Crippen MR) is 115 cm³/mol. The number of ether oxygens (including phenoxy) is 1. The van der Waals surface area contributed by atoms with E-state index in [2.05, 4.69) is 10.2 Å². The average molecular weight is 438 g/mol. The molecule has 1 saturated heterocycles. The van der Waals surface area contributed by atoms with Gasteiger partial charge in [-0.25, -0.2) is 8.42 Å². The molecule has 29 heavy (non-hydrogen) atoms. The number of benzene rings is 1. The standard InChI is InChI=1S/C20H27N3O4S2/c1-15(2)14-21-20(24)19-18(7-12-28-19)29(25,26)23-10-8-22(9-11-23)16-5-4-6-17(13-16)27-3/h4-7,12-13,15H,8-11,14H2,1-3H3,(H,21,24). The Morgan fingerprint density at radius 1 is 1.21 bits per heavy atom. The molecular weight excluding hydrogens is 410 g/mol. The Kier molecular flexibility index (Phi) is 6.81. The van der Waals surface area contributed by atoms with Crippen LogP contribution in [0.5, 0.6) is 5.75 Å². The van der Waals surface area contributed by atoms with Crippen LogP contribution in [0.3, 0.4) is 0 Å². The van der Waals surface area contributed by atoms with Crippen molar-refractivity contribution in [1.82, 2.24) is 9.62 Å². The Balaban J connectivity index is 1.71. The number of nitrogens with one attached hydrogen (secondary N) is 1. The van der Waals surface area contributed by atoms with Crippen molar-refractivity contribution in [1.29, 1.82) is 0 Å². The minimum absolute atomic E-state index is 0.0959. The maximum Gasteiger partial charge on any atom is 0.262 e. The van der Waals surface area contributed by atoms with Crippen LogP contribution in [0.2, 0.25) is 0 Å². The molecule has 2 aromatic rings. The van der Waals surface area contributed by atoms with Crippen LogP contribution in [0.1, 0.15) is 23.5 Å². The first-order valence-electron chi connectivity index (χ1n) is 9.57. The highest BCUT2D eigenvalue weighted by atomic mass is 32.2. The van der Waals surface area contributed by atoms with Gasteiger partial charge < -0.3 is 15.0 Å². The normalized spacial score (nSPS) is 15.5. The summed E-state index contributed by atoms with van der Waals surface area (Å²) < 4.78 is 33.1. The zero-order valence-corrected chi connectivity index (χ0v) is 18.6. The van der Waals surface area contributed by atoms with E-state index in [0.717, 1.165) is 22.8 Å². The molecule has 9 heteroatoms. The van der Waals surface area contributed by atoms with Crippen molar-refractivity contribution >= 4 is 33.0 Å². The van der Waals surface area contributed by atoms with Crippen LogP contribution in [-0.4, -0.2) is 58.5 Å². The third-order valence-electron chi connectivity index (χ3n) is 4.78. The highest BCUT2D eigenvalue weighted by molar-refractivity contribution is 7.89. The van der Waals surface area contributed by atoms with E-state index in [0.29, 0.717) is 38.6 Å². The summed E-state index contributed by atoms with van der Waals surface area (Å²) >= 11 is 1.16. The zero-order chi connectivity index (χ0) is 21.0. The van der Waals surface area contributed by atoms with E-state index < -0.39 is 10.0 Å². The molecule has 0 spiro atoms. The van der Waals surface area contributed by atoms with Crippen LogP contribution in [0, 0.1) is 5.92 Å². The Bertz CT molecular complexity index is 948. The monoisotopic (exact) mass is 437 g/mol. The minimum atomic E-state index is -3.72. The summed E-state index contributed by atoms with van der Waals surface area (Å²) in [5.41, 5.74) is 1.01. The first-order chi connectivity index (χ1) is 13.8. The second kappa shape index (κ2) is 9.15. The molecule has 2 heterocycles. The van der Waals surface area contributed by atoms with Gasteiger partial charge >= 0.3 is 0 Å². The quantitative estimate of drug-likeness (QED) is 0.720. The third-order valence-corrected chi connectivity index (χ3v) is 7.76. The molecule has 1 N–H and O–H groups in total. The smallest absolute Gasteiger partial charge is 0.262 e. The lowest BCUT2D eigenvalue weighted by Crippen LogP contribution is -2.48. The van der Waals surface area contributed by atoms with Gasteiger partial charge in [0.15, 0.2) is 0 Å². The van der Waals surface area contributed by atoms with Crippen molar-refractivity contribution in [2.75, 3.05) is 44.7 Å². The van der Waals surface area contributed by atoms with Crippen LogP contribution in [-0.2, 0) is 10.0 Å². The van der Waals surface area contributed by atoms with Crippen LogP contribution < -0.4 is 15.0 Å².